The molecule has 3 nitrogen and oxygen atoms in total. The zero-order chi connectivity index (χ0) is 10.8. The largest absolute Gasteiger partial charge is 0.323 e. The predicted molar refractivity (Wildman–Crippen MR) is 61.0 cm³/mol. The molecule has 0 saturated heterocycles. The predicted octanol–water partition coefficient (Wildman–Crippen LogP) is 2.24. The first-order valence-corrected chi connectivity index (χ1v) is 5.09. The SMILES string of the molecule is CCc1[nH]c(=O)[nH]c1-c1cccc(C)c1. The molecule has 0 saturated carbocycles. The molecule has 1 aromatic heterocycles. The second-order valence-electron chi connectivity index (χ2n) is 3.66. The van der Waals surface area contributed by atoms with Crippen molar-refractivity contribution in [3.63, 3.8) is 0 Å². The molecule has 0 radical (unpaired) electrons. The third kappa shape index (κ3) is 1.86. The Labute approximate surface area is 88.2 Å². The summed E-state index contributed by atoms with van der Waals surface area (Å²) in [7, 11) is 0. The van der Waals surface area contributed by atoms with E-state index in [9.17, 15) is 4.79 Å². The van der Waals surface area contributed by atoms with Crippen molar-refractivity contribution in [2.75, 3.05) is 0 Å². The minimum Gasteiger partial charge on any atom is -0.309 e. The second kappa shape index (κ2) is 3.77. The Hall–Kier alpha value is -1.77. The quantitative estimate of drug-likeness (QED) is 0.770. The van der Waals surface area contributed by atoms with Gasteiger partial charge in [-0.15, -0.1) is 0 Å². The van der Waals surface area contributed by atoms with Crippen LogP contribution < -0.4 is 5.69 Å². The minimum atomic E-state index is -0.136. The maximum atomic E-state index is 11.2. The summed E-state index contributed by atoms with van der Waals surface area (Å²) in [6.45, 7) is 4.07. The topological polar surface area (TPSA) is 48.6 Å². The van der Waals surface area contributed by atoms with E-state index in [0.717, 1.165) is 23.4 Å². The van der Waals surface area contributed by atoms with Crippen molar-refractivity contribution in [2.45, 2.75) is 20.3 Å². The van der Waals surface area contributed by atoms with Gasteiger partial charge in [-0.3, -0.25) is 0 Å². The molecule has 2 N–H and O–H groups in total. The summed E-state index contributed by atoms with van der Waals surface area (Å²) in [5.41, 5.74) is 3.99. The molecule has 0 atom stereocenters. The number of aryl methyl sites for hydroxylation is 2. The van der Waals surface area contributed by atoms with Gasteiger partial charge >= 0.3 is 5.69 Å². The third-order valence-corrected chi connectivity index (χ3v) is 2.47. The molecule has 0 aliphatic heterocycles. The number of aromatic amines is 2. The molecular formula is C12H14N2O. The van der Waals surface area contributed by atoms with Crippen molar-refractivity contribution in [1.29, 1.82) is 0 Å². The fourth-order valence-corrected chi connectivity index (χ4v) is 1.73. The van der Waals surface area contributed by atoms with E-state index in [1.165, 1.54) is 5.56 Å². The number of H-pyrrole nitrogens is 2. The number of benzene rings is 1. The zero-order valence-electron chi connectivity index (χ0n) is 8.92. The number of hydrogen-bond acceptors (Lipinski definition) is 1. The molecule has 1 aromatic carbocycles. The van der Waals surface area contributed by atoms with Crippen LogP contribution in [0.3, 0.4) is 0 Å². The van der Waals surface area contributed by atoms with E-state index >= 15 is 0 Å². The fraction of sp³-hybridized carbons (Fsp3) is 0.250. The molecule has 0 fully saturated rings. The van der Waals surface area contributed by atoms with Gasteiger partial charge in [0.15, 0.2) is 0 Å². The number of imidazole rings is 1. The molecule has 0 unspecified atom stereocenters. The minimum absolute atomic E-state index is 0.136. The van der Waals surface area contributed by atoms with Gasteiger partial charge in [-0.25, -0.2) is 4.79 Å². The molecule has 2 aromatic rings. The van der Waals surface area contributed by atoms with Crippen LogP contribution >= 0.6 is 0 Å². The Morgan fingerprint density at radius 3 is 2.73 bits per heavy atom. The first-order valence-electron chi connectivity index (χ1n) is 5.09. The molecular weight excluding hydrogens is 188 g/mol. The first kappa shape index (κ1) is 9.77. The van der Waals surface area contributed by atoms with Gasteiger partial charge in [-0.05, 0) is 19.4 Å². The molecule has 0 amide bonds. The van der Waals surface area contributed by atoms with E-state index in [2.05, 4.69) is 16.0 Å². The van der Waals surface area contributed by atoms with Gasteiger partial charge in [0.2, 0.25) is 0 Å². The lowest BCUT2D eigenvalue weighted by atomic mass is 10.1. The molecule has 0 aliphatic rings. The van der Waals surface area contributed by atoms with Crippen molar-refractivity contribution >= 4 is 0 Å². The highest BCUT2D eigenvalue weighted by atomic mass is 16.1. The normalized spacial score (nSPS) is 10.5. The summed E-state index contributed by atoms with van der Waals surface area (Å²) in [5, 5.41) is 0. The maximum Gasteiger partial charge on any atom is 0.323 e. The van der Waals surface area contributed by atoms with E-state index in [0.29, 0.717) is 0 Å². The van der Waals surface area contributed by atoms with Gasteiger partial charge in [-0.2, -0.15) is 0 Å². The van der Waals surface area contributed by atoms with Crippen LogP contribution in [0.5, 0.6) is 0 Å². The van der Waals surface area contributed by atoms with Crippen LogP contribution in [0.1, 0.15) is 18.2 Å². The van der Waals surface area contributed by atoms with Crippen LogP contribution in [-0.4, -0.2) is 9.97 Å². The van der Waals surface area contributed by atoms with Gasteiger partial charge in [0, 0.05) is 11.3 Å². The first-order chi connectivity index (χ1) is 7.20. The fourth-order valence-electron chi connectivity index (χ4n) is 1.73. The van der Waals surface area contributed by atoms with Crippen molar-refractivity contribution < 1.29 is 0 Å². The van der Waals surface area contributed by atoms with E-state index in [-0.39, 0.29) is 5.69 Å². The molecule has 0 aliphatic carbocycles. The van der Waals surface area contributed by atoms with E-state index in [4.69, 9.17) is 0 Å². The summed E-state index contributed by atoms with van der Waals surface area (Å²) >= 11 is 0. The maximum absolute atomic E-state index is 11.2. The van der Waals surface area contributed by atoms with E-state index in [1.807, 2.05) is 32.0 Å². The van der Waals surface area contributed by atoms with Crippen LogP contribution in [-0.2, 0) is 6.42 Å². The average molecular weight is 202 g/mol. The summed E-state index contributed by atoms with van der Waals surface area (Å²) in [6, 6.07) is 8.11. The Kier molecular flexibility index (Phi) is 2.46. The van der Waals surface area contributed by atoms with E-state index in [1.54, 1.807) is 0 Å². The van der Waals surface area contributed by atoms with Crippen LogP contribution in [0.15, 0.2) is 29.1 Å². The highest BCUT2D eigenvalue weighted by Gasteiger charge is 2.07. The number of hydrogen-bond donors (Lipinski definition) is 2. The van der Waals surface area contributed by atoms with Crippen molar-refractivity contribution in [2.24, 2.45) is 0 Å². The second-order valence-corrected chi connectivity index (χ2v) is 3.66. The number of aromatic nitrogens is 2. The molecule has 0 bridgehead atoms. The standard InChI is InChI=1S/C12H14N2O/c1-3-10-11(14-12(15)13-10)9-6-4-5-8(2)7-9/h4-7H,3H2,1-2H3,(H2,13,14,15). The number of rotatable bonds is 2. The zero-order valence-corrected chi connectivity index (χ0v) is 8.92. The average Bonchev–Trinajstić information content (AvgIpc) is 2.59. The Balaban J connectivity index is 2.57. The van der Waals surface area contributed by atoms with Crippen LogP contribution in [0.4, 0.5) is 0 Å². The van der Waals surface area contributed by atoms with Crippen molar-refractivity contribution in [1.82, 2.24) is 9.97 Å². The highest BCUT2D eigenvalue weighted by Crippen LogP contribution is 2.20. The summed E-state index contributed by atoms with van der Waals surface area (Å²) in [5.74, 6) is 0. The third-order valence-electron chi connectivity index (χ3n) is 2.47. The van der Waals surface area contributed by atoms with E-state index < -0.39 is 0 Å². The summed E-state index contributed by atoms with van der Waals surface area (Å²) in [4.78, 5) is 16.8. The van der Waals surface area contributed by atoms with Crippen molar-refractivity contribution in [3.05, 3.63) is 46.0 Å². The molecule has 3 heteroatoms. The summed E-state index contributed by atoms with van der Waals surface area (Å²) < 4.78 is 0. The Morgan fingerprint density at radius 1 is 1.27 bits per heavy atom. The van der Waals surface area contributed by atoms with Gasteiger partial charge in [0.1, 0.15) is 0 Å². The van der Waals surface area contributed by atoms with Crippen LogP contribution in [0.25, 0.3) is 11.3 Å². The van der Waals surface area contributed by atoms with Gasteiger partial charge in [0.05, 0.1) is 5.69 Å². The lowest BCUT2D eigenvalue weighted by molar-refractivity contribution is 1.05. The lowest BCUT2D eigenvalue weighted by Crippen LogP contribution is -2.00. The molecule has 78 valence electrons. The lowest BCUT2D eigenvalue weighted by Gasteiger charge is -2.01. The van der Waals surface area contributed by atoms with Crippen molar-refractivity contribution in [3.8, 4) is 11.3 Å². The monoisotopic (exact) mass is 202 g/mol. The van der Waals surface area contributed by atoms with Crippen LogP contribution in [0, 0.1) is 6.92 Å². The Morgan fingerprint density at radius 2 is 2.07 bits per heavy atom. The highest BCUT2D eigenvalue weighted by molar-refractivity contribution is 5.62. The van der Waals surface area contributed by atoms with Crippen LogP contribution in [0.2, 0.25) is 0 Å². The smallest absolute Gasteiger partial charge is 0.309 e. The number of nitrogens with one attached hydrogen (secondary N) is 2. The van der Waals surface area contributed by atoms with Gasteiger partial charge < -0.3 is 9.97 Å². The molecule has 1 heterocycles. The molecule has 2 rings (SSSR count). The summed E-state index contributed by atoms with van der Waals surface area (Å²) in [6.07, 6.45) is 0.821. The molecule has 0 spiro atoms. The van der Waals surface area contributed by atoms with Gasteiger partial charge in [-0.1, -0.05) is 30.7 Å². The van der Waals surface area contributed by atoms with Gasteiger partial charge in [0.25, 0.3) is 0 Å². The molecule has 15 heavy (non-hydrogen) atoms. The Bertz CT molecular complexity index is 522.